The van der Waals surface area contributed by atoms with Gasteiger partial charge in [0.15, 0.2) is 12.4 Å². The molecule has 158 valence electrons. The predicted molar refractivity (Wildman–Crippen MR) is 115 cm³/mol. The van der Waals surface area contributed by atoms with E-state index in [0.717, 1.165) is 53.5 Å². The number of rotatable bonds is 6. The normalized spacial score (nSPS) is 13.4. The predicted octanol–water partition coefficient (Wildman–Crippen LogP) is 3.27. The summed E-state index contributed by atoms with van der Waals surface area (Å²) in [6, 6.07) is 7.76. The Morgan fingerprint density at radius 3 is 2.87 bits per heavy atom. The van der Waals surface area contributed by atoms with Crippen molar-refractivity contribution in [3.05, 3.63) is 53.0 Å². The maximum Gasteiger partial charge on any atom is 0.260 e. The second kappa shape index (κ2) is 8.34. The Labute approximate surface area is 177 Å². The molecule has 7 nitrogen and oxygen atoms in total. The molecule has 0 aliphatic carbocycles. The molecule has 1 aliphatic heterocycles. The standard InChI is InChI=1S/C23H29N5O2/c1-5-10-28-17(3)13-24-23(28)22-19-14-27(11-9-20(19)26(4)25-22)21(29)15-30-18-8-6-7-16(2)12-18/h6-8,12-13H,5,9-11,14-15H2,1-4H3. The van der Waals surface area contributed by atoms with Gasteiger partial charge in [-0.3, -0.25) is 9.48 Å². The first-order valence-electron chi connectivity index (χ1n) is 10.5. The lowest BCUT2D eigenvalue weighted by Crippen LogP contribution is -2.39. The van der Waals surface area contributed by atoms with Crippen LogP contribution >= 0.6 is 0 Å². The molecular weight excluding hydrogens is 378 g/mol. The quantitative estimate of drug-likeness (QED) is 0.629. The molecule has 2 aromatic heterocycles. The Bertz CT molecular complexity index is 1070. The van der Waals surface area contributed by atoms with Crippen LogP contribution in [-0.4, -0.2) is 43.3 Å². The monoisotopic (exact) mass is 407 g/mol. The van der Waals surface area contributed by atoms with Gasteiger partial charge < -0.3 is 14.2 Å². The van der Waals surface area contributed by atoms with Gasteiger partial charge in [-0.05, 0) is 38.0 Å². The molecule has 0 N–H and O–H groups in total. The van der Waals surface area contributed by atoms with Crippen LogP contribution in [0.15, 0.2) is 30.5 Å². The number of aromatic nitrogens is 4. The molecule has 7 heteroatoms. The molecule has 0 radical (unpaired) electrons. The molecule has 0 saturated carbocycles. The van der Waals surface area contributed by atoms with Gasteiger partial charge in [0.05, 0.1) is 0 Å². The number of nitrogens with zero attached hydrogens (tertiary/aromatic N) is 5. The summed E-state index contributed by atoms with van der Waals surface area (Å²) < 4.78 is 9.89. The molecule has 1 aromatic carbocycles. The molecule has 4 rings (SSSR count). The van der Waals surface area contributed by atoms with Crippen molar-refractivity contribution in [1.82, 2.24) is 24.2 Å². The average Bonchev–Trinajstić information content (AvgIpc) is 3.26. The van der Waals surface area contributed by atoms with Gasteiger partial charge in [-0.2, -0.15) is 5.10 Å². The van der Waals surface area contributed by atoms with E-state index >= 15 is 0 Å². The Morgan fingerprint density at radius 2 is 2.10 bits per heavy atom. The van der Waals surface area contributed by atoms with Gasteiger partial charge in [0.25, 0.3) is 5.91 Å². The van der Waals surface area contributed by atoms with Crippen molar-refractivity contribution in [3.8, 4) is 17.3 Å². The topological polar surface area (TPSA) is 65.2 Å². The van der Waals surface area contributed by atoms with Gasteiger partial charge in [0.2, 0.25) is 0 Å². The van der Waals surface area contributed by atoms with Gasteiger partial charge in [-0.15, -0.1) is 0 Å². The lowest BCUT2D eigenvalue weighted by Gasteiger charge is -2.27. The Morgan fingerprint density at radius 1 is 1.27 bits per heavy atom. The van der Waals surface area contributed by atoms with E-state index in [9.17, 15) is 4.79 Å². The molecule has 1 amide bonds. The van der Waals surface area contributed by atoms with Crippen LogP contribution in [0.1, 0.15) is 35.9 Å². The van der Waals surface area contributed by atoms with Crippen molar-refractivity contribution in [2.45, 2.75) is 46.7 Å². The minimum absolute atomic E-state index is 0.00922. The van der Waals surface area contributed by atoms with E-state index in [-0.39, 0.29) is 12.5 Å². The summed E-state index contributed by atoms with van der Waals surface area (Å²) in [4.78, 5) is 19.4. The van der Waals surface area contributed by atoms with Gasteiger partial charge >= 0.3 is 0 Å². The molecule has 3 aromatic rings. The molecule has 0 saturated heterocycles. The van der Waals surface area contributed by atoms with Gasteiger partial charge in [0, 0.05) is 56.3 Å². The van der Waals surface area contributed by atoms with Gasteiger partial charge in [-0.25, -0.2) is 4.98 Å². The summed E-state index contributed by atoms with van der Waals surface area (Å²) in [7, 11) is 1.97. The molecule has 1 aliphatic rings. The molecule has 3 heterocycles. The van der Waals surface area contributed by atoms with Crippen LogP contribution in [0.4, 0.5) is 0 Å². The number of fused-ring (bicyclic) bond motifs is 1. The number of benzene rings is 1. The van der Waals surface area contributed by atoms with Gasteiger partial charge in [0.1, 0.15) is 11.4 Å². The van der Waals surface area contributed by atoms with Crippen LogP contribution in [0.25, 0.3) is 11.5 Å². The summed E-state index contributed by atoms with van der Waals surface area (Å²) in [6.45, 7) is 8.38. The number of ether oxygens (including phenoxy) is 1. The third-order valence-electron chi connectivity index (χ3n) is 5.66. The third-order valence-corrected chi connectivity index (χ3v) is 5.66. The van der Waals surface area contributed by atoms with E-state index in [1.807, 2.05) is 54.0 Å². The van der Waals surface area contributed by atoms with Crippen LogP contribution in [0, 0.1) is 13.8 Å². The van der Waals surface area contributed by atoms with Crippen molar-refractivity contribution in [3.63, 3.8) is 0 Å². The number of hydrogen-bond acceptors (Lipinski definition) is 4. The average molecular weight is 408 g/mol. The Balaban J connectivity index is 1.54. The SMILES string of the molecule is CCCn1c(C)cnc1-c1nn(C)c2c1CN(C(=O)COc1cccc(C)c1)CC2. The molecular formula is C23H29N5O2. The number of carbonyl (C=O) groups is 1. The maximum atomic E-state index is 12.8. The fourth-order valence-electron chi connectivity index (χ4n) is 4.08. The summed E-state index contributed by atoms with van der Waals surface area (Å²) >= 11 is 0. The van der Waals surface area contributed by atoms with E-state index in [1.54, 1.807) is 0 Å². The lowest BCUT2D eigenvalue weighted by molar-refractivity contribution is -0.134. The van der Waals surface area contributed by atoms with Crippen LogP contribution in [0.5, 0.6) is 5.75 Å². The van der Waals surface area contributed by atoms with Crippen molar-refractivity contribution >= 4 is 5.91 Å². The van der Waals surface area contributed by atoms with E-state index in [4.69, 9.17) is 9.84 Å². The Kier molecular flexibility index (Phi) is 5.61. The number of carbonyl (C=O) groups excluding carboxylic acids is 1. The van der Waals surface area contributed by atoms with Crippen LogP contribution in [-0.2, 0) is 31.4 Å². The van der Waals surface area contributed by atoms with Crippen LogP contribution in [0.2, 0.25) is 0 Å². The largest absolute Gasteiger partial charge is 0.484 e. The van der Waals surface area contributed by atoms with Crippen molar-refractivity contribution < 1.29 is 9.53 Å². The zero-order valence-corrected chi connectivity index (χ0v) is 18.2. The molecule has 30 heavy (non-hydrogen) atoms. The number of hydrogen-bond donors (Lipinski definition) is 0. The summed E-state index contributed by atoms with van der Waals surface area (Å²) in [5.41, 5.74) is 5.39. The van der Waals surface area contributed by atoms with Crippen LogP contribution < -0.4 is 4.74 Å². The first-order valence-corrected chi connectivity index (χ1v) is 10.5. The highest BCUT2D eigenvalue weighted by molar-refractivity contribution is 5.78. The number of aryl methyl sites for hydroxylation is 3. The minimum Gasteiger partial charge on any atom is -0.484 e. The number of amides is 1. The molecule has 0 bridgehead atoms. The molecule has 0 atom stereocenters. The van der Waals surface area contributed by atoms with E-state index < -0.39 is 0 Å². The third kappa shape index (κ3) is 3.84. The first-order chi connectivity index (χ1) is 14.5. The highest BCUT2D eigenvalue weighted by Crippen LogP contribution is 2.30. The summed E-state index contributed by atoms with van der Waals surface area (Å²) in [5, 5.41) is 4.78. The molecule has 0 spiro atoms. The van der Waals surface area contributed by atoms with Crippen molar-refractivity contribution in [1.29, 1.82) is 0 Å². The smallest absolute Gasteiger partial charge is 0.260 e. The fraction of sp³-hybridized carbons (Fsp3) is 0.435. The summed E-state index contributed by atoms with van der Waals surface area (Å²) in [5.74, 6) is 1.60. The second-order valence-electron chi connectivity index (χ2n) is 7.94. The summed E-state index contributed by atoms with van der Waals surface area (Å²) in [6.07, 6.45) is 3.70. The zero-order valence-electron chi connectivity index (χ0n) is 18.2. The highest BCUT2D eigenvalue weighted by Gasteiger charge is 2.29. The lowest BCUT2D eigenvalue weighted by atomic mass is 10.0. The van der Waals surface area contributed by atoms with Gasteiger partial charge in [-0.1, -0.05) is 19.1 Å². The maximum absolute atomic E-state index is 12.8. The molecule has 0 unspecified atom stereocenters. The van der Waals surface area contributed by atoms with Crippen molar-refractivity contribution in [2.24, 2.45) is 7.05 Å². The first kappa shape index (κ1) is 20.2. The van der Waals surface area contributed by atoms with Crippen LogP contribution in [0.3, 0.4) is 0 Å². The van der Waals surface area contributed by atoms with E-state index in [0.29, 0.717) is 13.1 Å². The molecule has 0 fully saturated rings. The minimum atomic E-state index is -0.00922. The Hall–Kier alpha value is -3.09. The zero-order chi connectivity index (χ0) is 21.3. The highest BCUT2D eigenvalue weighted by atomic mass is 16.5. The second-order valence-corrected chi connectivity index (χ2v) is 7.94. The van der Waals surface area contributed by atoms with E-state index in [2.05, 4.69) is 23.4 Å². The number of imidazole rings is 1. The van der Waals surface area contributed by atoms with E-state index in [1.165, 1.54) is 5.69 Å². The van der Waals surface area contributed by atoms with Crippen molar-refractivity contribution in [2.75, 3.05) is 13.2 Å². The fourth-order valence-corrected chi connectivity index (χ4v) is 4.08.